The number of carbonyl (C=O) groups excluding carboxylic acids is 1. The summed E-state index contributed by atoms with van der Waals surface area (Å²) in [5, 5.41) is 0. The van der Waals surface area contributed by atoms with Crippen LogP contribution in [0, 0.1) is 11.8 Å². The molecule has 0 saturated heterocycles. The molecule has 0 heterocycles. The molecule has 0 amide bonds. The maximum absolute atomic E-state index is 12.2. The van der Waals surface area contributed by atoms with E-state index in [0.29, 0.717) is 6.42 Å². The highest BCUT2D eigenvalue weighted by Crippen LogP contribution is 2.25. The van der Waals surface area contributed by atoms with Gasteiger partial charge in [0, 0.05) is 18.0 Å². The third-order valence-corrected chi connectivity index (χ3v) is 2.76. The predicted molar refractivity (Wildman–Crippen MR) is 69.5 cm³/mol. The lowest BCUT2D eigenvalue weighted by atomic mass is 9.90. The van der Waals surface area contributed by atoms with E-state index in [1.165, 1.54) is 12.1 Å². The van der Waals surface area contributed by atoms with Crippen molar-refractivity contribution in [1.82, 2.24) is 0 Å². The molecule has 1 unspecified atom stereocenters. The van der Waals surface area contributed by atoms with Gasteiger partial charge in [0.15, 0.2) is 5.78 Å². The molecule has 0 aliphatic rings. The van der Waals surface area contributed by atoms with E-state index in [4.69, 9.17) is 5.73 Å². The number of nitrogens with two attached hydrogens (primary N) is 1. The van der Waals surface area contributed by atoms with E-state index in [-0.39, 0.29) is 23.8 Å². The van der Waals surface area contributed by atoms with Gasteiger partial charge >= 0.3 is 6.36 Å². The third kappa shape index (κ3) is 5.21. The van der Waals surface area contributed by atoms with Gasteiger partial charge in [0.1, 0.15) is 5.75 Å². The molecular weight excluding hydrogens is 271 g/mol. The van der Waals surface area contributed by atoms with Crippen molar-refractivity contribution in [3.63, 3.8) is 0 Å². The van der Waals surface area contributed by atoms with E-state index < -0.39 is 18.0 Å². The van der Waals surface area contributed by atoms with Crippen molar-refractivity contribution in [2.45, 2.75) is 26.6 Å². The molecule has 0 radical (unpaired) electrons. The summed E-state index contributed by atoms with van der Waals surface area (Å²) in [4.78, 5) is 12.2. The highest BCUT2D eigenvalue weighted by molar-refractivity contribution is 5.98. The quantitative estimate of drug-likeness (QED) is 0.817. The second-order valence-electron chi connectivity index (χ2n) is 5.00. The highest BCUT2D eigenvalue weighted by Gasteiger charge is 2.31. The van der Waals surface area contributed by atoms with Crippen molar-refractivity contribution in [1.29, 1.82) is 0 Å². The zero-order valence-corrected chi connectivity index (χ0v) is 11.4. The maximum Gasteiger partial charge on any atom is 0.573 e. The molecule has 20 heavy (non-hydrogen) atoms. The summed E-state index contributed by atoms with van der Waals surface area (Å²) in [7, 11) is 0. The van der Waals surface area contributed by atoms with Gasteiger partial charge in [-0.3, -0.25) is 4.79 Å². The molecule has 0 bridgehead atoms. The lowest BCUT2D eigenvalue weighted by Gasteiger charge is -2.16. The molecule has 0 aliphatic heterocycles. The topological polar surface area (TPSA) is 52.3 Å². The smallest absolute Gasteiger partial charge is 0.406 e. The first-order valence-corrected chi connectivity index (χ1v) is 6.33. The molecule has 1 atom stereocenters. The number of carbonyl (C=O) groups is 1. The van der Waals surface area contributed by atoms with Gasteiger partial charge in [-0.25, -0.2) is 0 Å². The van der Waals surface area contributed by atoms with Crippen LogP contribution in [0.3, 0.4) is 0 Å². The highest BCUT2D eigenvalue weighted by atomic mass is 19.4. The Morgan fingerprint density at radius 1 is 1.35 bits per heavy atom. The molecule has 1 aromatic carbocycles. The van der Waals surface area contributed by atoms with Crippen molar-refractivity contribution in [2.75, 3.05) is 6.54 Å². The van der Waals surface area contributed by atoms with Crippen LogP contribution in [0.15, 0.2) is 24.3 Å². The number of alkyl halides is 3. The van der Waals surface area contributed by atoms with Crippen LogP contribution in [0.2, 0.25) is 0 Å². The van der Waals surface area contributed by atoms with Gasteiger partial charge in [0.25, 0.3) is 0 Å². The van der Waals surface area contributed by atoms with Gasteiger partial charge < -0.3 is 10.5 Å². The Morgan fingerprint density at radius 3 is 2.50 bits per heavy atom. The van der Waals surface area contributed by atoms with Gasteiger partial charge in [-0.05, 0) is 24.5 Å². The lowest BCUT2D eigenvalue weighted by molar-refractivity contribution is -0.274. The number of ether oxygens (including phenoxy) is 1. The zero-order chi connectivity index (χ0) is 15.3. The van der Waals surface area contributed by atoms with Gasteiger partial charge in [-0.15, -0.1) is 13.2 Å². The number of benzene rings is 1. The van der Waals surface area contributed by atoms with Crippen molar-refractivity contribution < 1.29 is 22.7 Å². The van der Waals surface area contributed by atoms with Crippen LogP contribution in [-0.4, -0.2) is 18.7 Å². The Hall–Kier alpha value is -1.56. The second kappa shape index (κ2) is 6.74. The SMILES string of the molecule is CC(C)CC(CN)C(=O)c1cccc(OC(F)(F)F)c1. The summed E-state index contributed by atoms with van der Waals surface area (Å²) in [5.74, 6) is -0.768. The summed E-state index contributed by atoms with van der Waals surface area (Å²) in [5.41, 5.74) is 5.75. The number of ketones is 1. The summed E-state index contributed by atoms with van der Waals surface area (Å²) >= 11 is 0. The summed E-state index contributed by atoms with van der Waals surface area (Å²) in [6.45, 7) is 4.08. The first kappa shape index (κ1) is 16.5. The van der Waals surface area contributed by atoms with Crippen molar-refractivity contribution in [3.8, 4) is 5.75 Å². The van der Waals surface area contributed by atoms with Crippen molar-refractivity contribution in [2.24, 2.45) is 17.6 Å². The minimum Gasteiger partial charge on any atom is -0.406 e. The van der Waals surface area contributed by atoms with E-state index in [1.54, 1.807) is 0 Å². The molecule has 0 spiro atoms. The average molecular weight is 289 g/mol. The Bertz CT molecular complexity index is 458. The summed E-state index contributed by atoms with van der Waals surface area (Å²) < 4.78 is 40.2. The molecule has 0 aliphatic carbocycles. The Labute approximate surface area is 115 Å². The van der Waals surface area contributed by atoms with Crippen LogP contribution in [0.4, 0.5) is 13.2 Å². The molecule has 0 saturated carbocycles. The monoisotopic (exact) mass is 289 g/mol. The fourth-order valence-corrected chi connectivity index (χ4v) is 1.96. The zero-order valence-electron chi connectivity index (χ0n) is 11.4. The number of rotatable bonds is 6. The first-order chi connectivity index (χ1) is 9.23. The van der Waals surface area contributed by atoms with Crippen molar-refractivity contribution in [3.05, 3.63) is 29.8 Å². The number of hydrogen-bond donors (Lipinski definition) is 1. The molecule has 2 N–H and O–H groups in total. The Morgan fingerprint density at radius 2 is 2.00 bits per heavy atom. The van der Waals surface area contributed by atoms with E-state index >= 15 is 0 Å². The van der Waals surface area contributed by atoms with Crippen LogP contribution in [0.25, 0.3) is 0 Å². The number of hydrogen-bond acceptors (Lipinski definition) is 3. The Kier molecular flexibility index (Phi) is 5.56. The van der Waals surface area contributed by atoms with Crippen LogP contribution < -0.4 is 10.5 Å². The maximum atomic E-state index is 12.2. The lowest BCUT2D eigenvalue weighted by Crippen LogP contribution is -2.25. The molecule has 1 aromatic rings. The largest absolute Gasteiger partial charge is 0.573 e. The van der Waals surface area contributed by atoms with E-state index in [1.807, 2.05) is 13.8 Å². The van der Waals surface area contributed by atoms with Gasteiger partial charge in [-0.1, -0.05) is 26.0 Å². The fourth-order valence-electron chi connectivity index (χ4n) is 1.96. The van der Waals surface area contributed by atoms with Crippen LogP contribution >= 0.6 is 0 Å². The minimum absolute atomic E-state index is 0.168. The summed E-state index contributed by atoms with van der Waals surface area (Å²) in [6.07, 6.45) is -4.17. The van der Waals surface area contributed by atoms with Crippen molar-refractivity contribution >= 4 is 5.78 Å². The Balaban J connectivity index is 2.90. The molecular formula is C14H18F3NO2. The molecule has 0 aromatic heterocycles. The molecule has 112 valence electrons. The number of halogens is 3. The van der Waals surface area contributed by atoms with Gasteiger partial charge in [0.2, 0.25) is 0 Å². The predicted octanol–water partition coefficient (Wildman–Crippen LogP) is 3.39. The van der Waals surface area contributed by atoms with E-state index in [0.717, 1.165) is 12.1 Å². The molecule has 1 rings (SSSR count). The first-order valence-electron chi connectivity index (χ1n) is 6.33. The normalized spacial score (nSPS) is 13.3. The van der Waals surface area contributed by atoms with Gasteiger partial charge in [0.05, 0.1) is 0 Å². The van der Waals surface area contributed by atoms with E-state index in [9.17, 15) is 18.0 Å². The van der Waals surface area contributed by atoms with Crippen LogP contribution in [0.5, 0.6) is 5.75 Å². The van der Waals surface area contributed by atoms with Gasteiger partial charge in [-0.2, -0.15) is 0 Å². The molecule has 3 nitrogen and oxygen atoms in total. The van der Waals surface area contributed by atoms with Crippen LogP contribution in [0.1, 0.15) is 30.6 Å². The van der Waals surface area contributed by atoms with E-state index in [2.05, 4.69) is 4.74 Å². The standard InChI is InChI=1S/C14H18F3NO2/c1-9(2)6-11(8-18)13(19)10-4-3-5-12(7-10)20-14(15,16)17/h3-5,7,9,11H,6,8,18H2,1-2H3. The summed E-state index contributed by atoms with van der Waals surface area (Å²) in [6, 6.07) is 5.08. The average Bonchev–Trinajstić information content (AvgIpc) is 2.33. The fraction of sp³-hybridized carbons (Fsp3) is 0.500. The number of Topliss-reactive ketones (excluding diaryl/α,β-unsaturated/α-hetero) is 1. The second-order valence-corrected chi connectivity index (χ2v) is 5.00. The molecule has 0 fully saturated rings. The third-order valence-electron chi connectivity index (χ3n) is 2.76. The van der Waals surface area contributed by atoms with Crippen LogP contribution in [-0.2, 0) is 0 Å². The minimum atomic E-state index is -4.77. The molecule has 6 heteroatoms.